The standard InChI is InChI=1S/C18H21ClN2O3/c1-10(2)18(23-4)21-15-6-5-13(7-11(15)3)24-17-14(19)8-12(20)9-16(17)22/h5-10,22H,20H2,1-4H3. The molecule has 0 atom stereocenters. The van der Waals surface area contributed by atoms with Crippen molar-refractivity contribution in [1.82, 2.24) is 0 Å². The summed E-state index contributed by atoms with van der Waals surface area (Å²) < 4.78 is 11.0. The number of rotatable bonds is 4. The number of methoxy groups -OCH3 is 1. The zero-order valence-corrected chi connectivity index (χ0v) is 14.9. The largest absolute Gasteiger partial charge is 0.504 e. The van der Waals surface area contributed by atoms with Crippen molar-refractivity contribution in [2.45, 2.75) is 20.8 Å². The number of anilines is 1. The molecule has 2 aromatic carbocycles. The Morgan fingerprint density at radius 2 is 1.96 bits per heavy atom. The second kappa shape index (κ2) is 7.45. The van der Waals surface area contributed by atoms with Crippen LogP contribution in [0.2, 0.25) is 5.02 Å². The number of benzene rings is 2. The Bertz CT molecular complexity index is 750. The van der Waals surface area contributed by atoms with Gasteiger partial charge in [-0.05, 0) is 36.8 Å². The number of phenolic OH excluding ortho intramolecular Hbond substituents is 1. The number of nitrogens with two attached hydrogens (primary N) is 1. The molecule has 0 aliphatic carbocycles. The maximum absolute atomic E-state index is 9.94. The minimum absolute atomic E-state index is 0.110. The van der Waals surface area contributed by atoms with Crippen molar-refractivity contribution in [3.8, 4) is 17.2 Å². The molecule has 0 aliphatic heterocycles. The smallest absolute Gasteiger partial charge is 0.190 e. The topological polar surface area (TPSA) is 77.1 Å². The predicted octanol–water partition coefficient (Wildman–Crippen LogP) is 5.06. The molecule has 0 bridgehead atoms. The Kier molecular flexibility index (Phi) is 5.57. The number of aryl methyl sites for hydroxylation is 1. The number of nitrogen functional groups attached to an aromatic ring is 1. The zero-order valence-electron chi connectivity index (χ0n) is 14.1. The lowest BCUT2D eigenvalue weighted by molar-refractivity contribution is 0.375. The lowest BCUT2D eigenvalue weighted by atomic mass is 10.1. The first kappa shape index (κ1) is 17.9. The summed E-state index contributed by atoms with van der Waals surface area (Å²) in [5.41, 5.74) is 7.69. The Hall–Kier alpha value is -2.40. The molecule has 0 spiro atoms. The Morgan fingerprint density at radius 3 is 2.50 bits per heavy atom. The van der Waals surface area contributed by atoms with Gasteiger partial charge in [-0.1, -0.05) is 25.4 Å². The number of ether oxygens (including phenoxy) is 2. The quantitative estimate of drug-likeness (QED) is 0.460. The summed E-state index contributed by atoms with van der Waals surface area (Å²) in [4.78, 5) is 4.52. The molecule has 24 heavy (non-hydrogen) atoms. The van der Waals surface area contributed by atoms with Crippen molar-refractivity contribution in [2.75, 3.05) is 12.8 Å². The van der Waals surface area contributed by atoms with Crippen molar-refractivity contribution in [1.29, 1.82) is 0 Å². The highest BCUT2D eigenvalue weighted by atomic mass is 35.5. The molecular formula is C18H21ClN2O3. The van der Waals surface area contributed by atoms with Crippen LogP contribution in [0.25, 0.3) is 0 Å². The summed E-state index contributed by atoms with van der Waals surface area (Å²) in [6.07, 6.45) is 0. The molecule has 2 aromatic rings. The van der Waals surface area contributed by atoms with E-state index in [1.807, 2.05) is 32.9 Å². The van der Waals surface area contributed by atoms with Crippen LogP contribution >= 0.6 is 11.6 Å². The maximum Gasteiger partial charge on any atom is 0.190 e. The third-order valence-corrected chi connectivity index (χ3v) is 3.65. The molecule has 0 radical (unpaired) electrons. The molecule has 2 rings (SSSR count). The van der Waals surface area contributed by atoms with Crippen molar-refractivity contribution in [3.63, 3.8) is 0 Å². The Morgan fingerprint density at radius 1 is 1.25 bits per heavy atom. The normalized spacial score (nSPS) is 11.7. The summed E-state index contributed by atoms with van der Waals surface area (Å²) in [7, 11) is 1.61. The molecule has 0 saturated carbocycles. The number of hydrogen-bond donors (Lipinski definition) is 2. The Labute approximate surface area is 146 Å². The molecule has 0 aliphatic rings. The molecule has 0 unspecified atom stereocenters. The highest BCUT2D eigenvalue weighted by Gasteiger charge is 2.12. The van der Waals surface area contributed by atoms with Gasteiger partial charge in [-0.25, -0.2) is 4.99 Å². The van der Waals surface area contributed by atoms with E-state index in [9.17, 15) is 5.11 Å². The van der Waals surface area contributed by atoms with E-state index in [1.54, 1.807) is 13.2 Å². The van der Waals surface area contributed by atoms with Crippen LogP contribution in [0.15, 0.2) is 35.3 Å². The van der Waals surface area contributed by atoms with Crippen LogP contribution in [0.4, 0.5) is 11.4 Å². The van der Waals surface area contributed by atoms with Crippen LogP contribution in [-0.2, 0) is 4.74 Å². The van der Waals surface area contributed by atoms with Crippen LogP contribution < -0.4 is 10.5 Å². The summed E-state index contributed by atoms with van der Waals surface area (Å²) in [6, 6.07) is 8.31. The van der Waals surface area contributed by atoms with Crippen LogP contribution in [0.5, 0.6) is 17.2 Å². The van der Waals surface area contributed by atoms with Gasteiger partial charge in [-0.2, -0.15) is 0 Å². The average molecular weight is 349 g/mol. The molecule has 128 valence electrons. The number of aliphatic imine (C=N–C) groups is 1. The van der Waals surface area contributed by atoms with E-state index in [4.69, 9.17) is 26.8 Å². The minimum atomic E-state index is -0.110. The van der Waals surface area contributed by atoms with E-state index in [1.165, 1.54) is 12.1 Å². The van der Waals surface area contributed by atoms with Gasteiger partial charge in [-0.15, -0.1) is 0 Å². The zero-order chi connectivity index (χ0) is 17.9. The summed E-state index contributed by atoms with van der Waals surface area (Å²) >= 11 is 6.07. The highest BCUT2D eigenvalue weighted by molar-refractivity contribution is 6.32. The number of hydrogen-bond acceptors (Lipinski definition) is 5. The fourth-order valence-electron chi connectivity index (χ4n) is 2.16. The molecule has 6 heteroatoms. The number of halogens is 1. The highest BCUT2D eigenvalue weighted by Crippen LogP contribution is 2.40. The van der Waals surface area contributed by atoms with Gasteiger partial charge in [0, 0.05) is 17.7 Å². The number of phenols is 1. The molecule has 0 heterocycles. The summed E-state index contributed by atoms with van der Waals surface area (Å²) in [5.74, 6) is 1.45. The van der Waals surface area contributed by atoms with Gasteiger partial charge in [-0.3, -0.25) is 0 Å². The van der Waals surface area contributed by atoms with Gasteiger partial charge >= 0.3 is 0 Å². The molecule has 0 aromatic heterocycles. The lowest BCUT2D eigenvalue weighted by Crippen LogP contribution is -2.09. The predicted molar refractivity (Wildman–Crippen MR) is 97.7 cm³/mol. The first-order valence-corrected chi connectivity index (χ1v) is 7.88. The summed E-state index contributed by atoms with van der Waals surface area (Å²) in [6.45, 7) is 5.95. The third-order valence-electron chi connectivity index (χ3n) is 3.37. The van der Waals surface area contributed by atoms with Crippen LogP contribution in [0, 0.1) is 12.8 Å². The molecule has 0 saturated heterocycles. The van der Waals surface area contributed by atoms with Crippen LogP contribution in [0.1, 0.15) is 19.4 Å². The lowest BCUT2D eigenvalue weighted by Gasteiger charge is -2.12. The van der Waals surface area contributed by atoms with Gasteiger partial charge in [0.25, 0.3) is 0 Å². The van der Waals surface area contributed by atoms with Crippen molar-refractivity contribution in [3.05, 3.63) is 40.9 Å². The van der Waals surface area contributed by atoms with E-state index in [2.05, 4.69) is 4.99 Å². The SMILES string of the molecule is COC(=Nc1ccc(Oc2c(O)cc(N)cc2Cl)cc1C)C(C)C. The average Bonchev–Trinajstić information content (AvgIpc) is 2.49. The molecule has 5 nitrogen and oxygen atoms in total. The van der Waals surface area contributed by atoms with Crippen molar-refractivity contribution < 1.29 is 14.6 Å². The second-order valence-electron chi connectivity index (χ2n) is 5.71. The van der Waals surface area contributed by atoms with Gasteiger partial charge in [0.15, 0.2) is 17.4 Å². The minimum Gasteiger partial charge on any atom is -0.504 e. The van der Waals surface area contributed by atoms with Gasteiger partial charge in [0.2, 0.25) is 0 Å². The molecular weight excluding hydrogens is 328 g/mol. The van der Waals surface area contributed by atoms with Crippen LogP contribution in [0.3, 0.4) is 0 Å². The third kappa shape index (κ3) is 4.11. The first-order valence-electron chi connectivity index (χ1n) is 7.51. The number of aromatic hydroxyl groups is 1. The van der Waals surface area contributed by atoms with E-state index in [-0.39, 0.29) is 22.4 Å². The van der Waals surface area contributed by atoms with E-state index in [0.717, 1.165) is 11.3 Å². The molecule has 0 amide bonds. The second-order valence-corrected chi connectivity index (χ2v) is 6.12. The van der Waals surface area contributed by atoms with E-state index in [0.29, 0.717) is 17.3 Å². The van der Waals surface area contributed by atoms with E-state index < -0.39 is 0 Å². The fourth-order valence-corrected chi connectivity index (χ4v) is 2.43. The van der Waals surface area contributed by atoms with Gasteiger partial charge < -0.3 is 20.3 Å². The van der Waals surface area contributed by atoms with Gasteiger partial charge in [0.05, 0.1) is 17.8 Å². The maximum atomic E-state index is 9.94. The molecule has 3 N–H and O–H groups in total. The Balaban J connectivity index is 2.31. The summed E-state index contributed by atoms with van der Waals surface area (Å²) in [5, 5.41) is 10.2. The fraction of sp³-hybridized carbons (Fsp3) is 0.278. The van der Waals surface area contributed by atoms with Crippen molar-refractivity contribution in [2.24, 2.45) is 10.9 Å². The van der Waals surface area contributed by atoms with Crippen molar-refractivity contribution >= 4 is 28.9 Å². The molecule has 0 fully saturated rings. The monoisotopic (exact) mass is 348 g/mol. The van der Waals surface area contributed by atoms with Gasteiger partial charge in [0.1, 0.15) is 5.75 Å². The van der Waals surface area contributed by atoms with Crippen LogP contribution in [-0.4, -0.2) is 18.1 Å². The number of nitrogens with zero attached hydrogens (tertiary/aromatic N) is 1. The van der Waals surface area contributed by atoms with E-state index >= 15 is 0 Å². The first-order chi connectivity index (χ1) is 11.3.